The molecule has 1 heterocycles. The second-order valence-corrected chi connectivity index (χ2v) is 5.59. The van der Waals surface area contributed by atoms with E-state index in [0.717, 1.165) is 0 Å². The summed E-state index contributed by atoms with van der Waals surface area (Å²) in [5.74, 6) is -0.778. The summed E-state index contributed by atoms with van der Waals surface area (Å²) < 4.78 is 5.83. The first kappa shape index (κ1) is 15.4. The van der Waals surface area contributed by atoms with Gasteiger partial charge >= 0.3 is 5.97 Å². The van der Waals surface area contributed by atoms with Gasteiger partial charge in [-0.05, 0) is 12.1 Å². The van der Waals surface area contributed by atoms with Crippen molar-refractivity contribution in [2.75, 3.05) is 11.4 Å². The van der Waals surface area contributed by atoms with Crippen molar-refractivity contribution in [1.82, 2.24) is 0 Å². The van der Waals surface area contributed by atoms with Gasteiger partial charge in [-0.2, -0.15) is 0 Å². The highest BCUT2D eigenvalue weighted by atomic mass is 35.5. The average Bonchev–Trinajstić information content (AvgIpc) is 2.54. The van der Waals surface area contributed by atoms with E-state index in [0.29, 0.717) is 22.0 Å². The molecule has 0 aromatic heterocycles. The fraction of sp³-hybridized carbons (Fsp3) is 0.176. The number of carbonyl (C=O) groups excluding carboxylic acids is 1. The third kappa shape index (κ3) is 3.14. The third-order valence-electron chi connectivity index (χ3n) is 3.60. The molecule has 0 spiro atoms. The molecule has 2 aromatic carbocycles. The van der Waals surface area contributed by atoms with E-state index >= 15 is 0 Å². The second kappa shape index (κ2) is 6.30. The Labute approximate surface area is 138 Å². The Morgan fingerprint density at radius 2 is 1.96 bits per heavy atom. The fourth-order valence-electron chi connectivity index (χ4n) is 2.52. The van der Waals surface area contributed by atoms with Crippen molar-refractivity contribution >= 4 is 29.2 Å². The molecule has 2 aromatic rings. The van der Waals surface area contributed by atoms with Crippen LogP contribution >= 0.6 is 11.6 Å². The molecule has 1 aliphatic rings. The molecule has 1 amide bonds. The van der Waals surface area contributed by atoms with Gasteiger partial charge in [0, 0.05) is 23.2 Å². The van der Waals surface area contributed by atoms with Gasteiger partial charge in [0.2, 0.25) is 6.10 Å². The van der Waals surface area contributed by atoms with Crippen LogP contribution in [0.5, 0.6) is 5.75 Å². The van der Waals surface area contributed by atoms with Crippen LogP contribution < -0.4 is 9.64 Å². The Hall–Kier alpha value is -2.53. The van der Waals surface area contributed by atoms with Crippen molar-refractivity contribution in [2.45, 2.75) is 12.5 Å². The molecule has 6 heteroatoms. The van der Waals surface area contributed by atoms with E-state index in [-0.39, 0.29) is 18.9 Å². The maximum absolute atomic E-state index is 12.8. The van der Waals surface area contributed by atoms with Crippen molar-refractivity contribution in [3.05, 3.63) is 59.1 Å². The first-order valence-corrected chi connectivity index (χ1v) is 7.48. The van der Waals surface area contributed by atoms with Crippen molar-refractivity contribution in [3.8, 4) is 5.75 Å². The number of carbonyl (C=O) groups is 2. The number of halogens is 1. The van der Waals surface area contributed by atoms with Crippen LogP contribution in [-0.2, 0) is 9.59 Å². The lowest BCUT2D eigenvalue weighted by Crippen LogP contribution is -2.42. The summed E-state index contributed by atoms with van der Waals surface area (Å²) in [7, 11) is 0. The lowest BCUT2D eigenvalue weighted by atomic mass is 10.1. The Balaban J connectivity index is 2.00. The van der Waals surface area contributed by atoms with Crippen LogP contribution in [0.15, 0.2) is 48.5 Å². The summed E-state index contributed by atoms with van der Waals surface area (Å²) in [6.07, 6.45) is -0.953. The molecule has 0 aliphatic carbocycles. The zero-order chi connectivity index (χ0) is 16.4. The Morgan fingerprint density at radius 1 is 1.22 bits per heavy atom. The number of ether oxygens (including phenoxy) is 1. The molecule has 0 saturated heterocycles. The van der Waals surface area contributed by atoms with E-state index in [1.807, 2.05) is 18.2 Å². The van der Waals surface area contributed by atoms with Crippen LogP contribution in [0.25, 0.3) is 0 Å². The molecule has 0 saturated carbocycles. The summed E-state index contributed by atoms with van der Waals surface area (Å²) in [6.45, 7) is 0.0789. The fourth-order valence-corrected chi connectivity index (χ4v) is 2.68. The van der Waals surface area contributed by atoms with E-state index in [4.69, 9.17) is 21.4 Å². The number of rotatable bonds is 4. The number of amides is 1. The van der Waals surface area contributed by atoms with Crippen LogP contribution in [0.2, 0.25) is 5.02 Å². The van der Waals surface area contributed by atoms with Gasteiger partial charge in [0.25, 0.3) is 5.91 Å². The van der Waals surface area contributed by atoms with Crippen LogP contribution in [-0.4, -0.2) is 23.5 Å². The van der Waals surface area contributed by atoms with E-state index in [2.05, 4.69) is 0 Å². The maximum atomic E-state index is 12.8. The number of hydrogen-bond acceptors (Lipinski definition) is 3. The lowest BCUT2D eigenvalue weighted by Gasteiger charge is -2.34. The minimum absolute atomic E-state index is 0.0789. The highest BCUT2D eigenvalue weighted by Gasteiger charge is 2.35. The summed E-state index contributed by atoms with van der Waals surface area (Å²) >= 11 is 6.00. The molecule has 23 heavy (non-hydrogen) atoms. The van der Waals surface area contributed by atoms with Gasteiger partial charge in [-0.3, -0.25) is 9.59 Å². The molecule has 1 atom stereocenters. The standard InChI is InChI=1S/C17H14ClNO4/c18-12-6-7-13-14(10-12)23-16(11-4-2-1-3-5-11)17(22)19(13)9-8-15(20)21/h1-7,10,16H,8-9H2,(H,20,21). The van der Waals surface area contributed by atoms with Crippen molar-refractivity contribution in [1.29, 1.82) is 0 Å². The number of hydrogen-bond donors (Lipinski definition) is 1. The van der Waals surface area contributed by atoms with E-state index in [9.17, 15) is 9.59 Å². The molecular formula is C17H14ClNO4. The van der Waals surface area contributed by atoms with Crippen LogP contribution in [0.3, 0.4) is 0 Å². The summed E-state index contributed by atoms with van der Waals surface area (Å²) in [6, 6.07) is 14.0. The largest absolute Gasteiger partial charge is 0.481 e. The molecule has 1 aliphatic heterocycles. The topological polar surface area (TPSA) is 66.8 Å². The quantitative estimate of drug-likeness (QED) is 0.933. The first-order chi connectivity index (χ1) is 11.1. The number of aliphatic carboxylic acids is 1. The predicted octanol–water partition coefficient (Wildman–Crippen LogP) is 3.28. The number of fused-ring (bicyclic) bond motifs is 1. The SMILES string of the molecule is O=C(O)CCN1C(=O)C(c2ccccc2)Oc2cc(Cl)ccc21. The molecule has 5 nitrogen and oxygen atoms in total. The smallest absolute Gasteiger partial charge is 0.305 e. The maximum Gasteiger partial charge on any atom is 0.305 e. The minimum atomic E-state index is -0.962. The molecule has 3 rings (SSSR count). The number of anilines is 1. The van der Waals surface area contributed by atoms with E-state index in [1.54, 1.807) is 30.3 Å². The lowest BCUT2D eigenvalue weighted by molar-refractivity contribution is -0.136. The second-order valence-electron chi connectivity index (χ2n) is 5.15. The monoisotopic (exact) mass is 331 g/mol. The summed E-state index contributed by atoms with van der Waals surface area (Å²) in [5.41, 5.74) is 1.25. The molecule has 0 fully saturated rings. The van der Waals surface area contributed by atoms with Gasteiger partial charge in [-0.1, -0.05) is 41.9 Å². The number of nitrogens with zero attached hydrogens (tertiary/aromatic N) is 1. The van der Waals surface area contributed by atoms with Crippen molar-refractivity contribution in [2.24, 2.45) is 0 Å². The zero-order valence-electron chi connectivity index (χ0n) is 12.1. The third-order valence-corrected chi connectivity index (χ3v) is 3.83. The minimum Gasteiger partial charge on any atom is -0.481 e. The zero-order valence-corrected chi connectivity index (χ0v) is 12.9. The van der Waals surface area contributed by atoms with Gasteiger partial charge in [-0.15, -0.1) is 0 Å². The van der Waals surface area contributed by atoms with Crippen molar-refractivity contribution < 1.29 is 19.4 Å². The Kier molecular flexibility index (Phi) is 4.21. The van der Waals surface area contributed by atoms with Gasteiger partial charge in [-0.25, -0.2) is 0 Å². The normalized spacial score (nSPS) is 16.7. The first-order valence-electron chi connectivity index (χ1n) is 7.10. The average molecular weight is 332 g/mol. The van der Waals surface area contributed by atoms with Gasteiger partial charge in [0.15, 0.2) is 0 Å². The van der Waals surface area contributed by atoms with Gasteiger partial charge < -0.3 is 14.7 Å². The molecule has 0 radical (unpaired) electrons. The van der Waals surface area contributed by atoms with Crippen LogP contribution in [0.4, 0.5) is 5.69 Å². The predicted molar refractivity (Wildman–Crippen MR) is 85.9 cm³/mol. The number of carboxylic acid groups (broad SMARTS) is 1. The van der Waals surface area contributed by atoms with Crippen LogP contribution in [0.1, 0.15) is 18.1 Å². The number of benzene rings is 2. The highest BCUT2D eigenvalue weighted by Crippen LogP contribution is 2.40. The molecular weight excluding hydrogens is 318 g/mol. The van der Waals surface area contributed by atoms with E-state index < -0.39 is 12.1 Å². The summed E-state index contributed by atoms with van der Waals surface area (Å²) in [4.78, 5) is 25.1. The van der Waals surface area contributed by atoms with Crippen molar-refractivity contribution in [3.63, 3.8) is 0 Å². The van der Waals surface area contributed by atoms with Crippen LogP contribution in [0, 0.1) is 0 Å². The van der Waals surface area contributed by atoms with Gasteiger partial charge in [0.1, 0.15) is 5.75 Å². The molecule has 1 unspecified atom stereocenters. The Morgan fingerprint density at radius 3 is 2.65 bits per heavy atom. The summed E-state index contributed by atoms with van der Waals surface area (Å²) in [5, 5.41) is 9.40. The highest BCUT2D eigenvalue weighted by molar-refractivity contribution is 6.30. The Bertz CT molecular complexity index is 748. The number of carboxylic acids is 1. The van der Waals surface area contributed by atoms with Gasteiger partial charge in [0.05, 0.1) is 12.1 Å². The molecule has 118 valence electrons. The van der Waals surface area contributed by atoms with E-state index in [1.165, 1.54) is 4.90 Å². The molecule has 1 N–H and O–H groups in total. The molecule has 0 bridgehead atoms.